The monoisotopic (exact) mass is 1190 g/mol. The molecule has 8 N–H and O–H groups in total. The normalized spacial score (nSPS) is 15.7. The van der Waals surface area contributed by atoms with Gasteiger partial charge in [-0.1, -0.05) is 72.8 Å². The third kappa shape index (κ3) is 14.0. The third-order valence-corrected chi connectivity index (χ3v) is 17.0. The first-order valence-corrected chi connectivity index (χ1v) is 32.7. The van der Waals surface area contributed by atoms with Gasteiger partial charge in [0.05, 0.1) is 48.0 Å². The van der Waals surface area contributed by atoms with Crippen LogP contribution in [0.2, 0.25) is 0 Å². The van der Waals surface area contributed by atoms with E-state index in [-0.39, 0.29) is 49.3 Å². The predicted octanol–water partition coefficient (Wildman–Crippen LogP) is 4.84. The summed E-state index contributed by atoms with van der Waals surface area (Å²) in [6, 6.07) is 30.8. The van der Waals surface area contributed by atoms with Gasteiger partial charge in [-0.15, -0.1) is 0 Å². The number of para-hydroxylation sites is 4. The van der Waals surface area contributed by atoms with E-state index in [1.807, 2.05) is 109 Å². The number of aromatic nitrogens is 4. The van der Waals surface area contributed by atoms with Crippen molar-refractivity contribution in [1.29, 1.82) is 0 Å². The minimum Gasteiger partial charge on any atom is -0.346 e. The van der Waals surface area contributed by atoms with Crippen molar-refractivity contribution in [3.63, 3.8) is 0 Å². The Bertz CT molecular complexity index is 3740. The predicted molar refractivity (Wildman–Crippen MR) is 328 cm³/mol. The summed E-state index contributed by atoms with van der Waals surface area (Å²) in [5.41, 5.74) is 17.9. The molecule has 0 spiro atoms. The van der Waals surface area contributed by atoms with Crippen LogP contribution in [-0.2, 0) is 74.0 Å². The van der Waals surface area contributed by atoms with E-state index in [0.29, 0.717) is 33.0 Å². The lowest BCUT2D eigenvalue weighted by Crippen LogP contribution is -2.24. The number of hydrogen-bond acceptors (Lipinski definition) is 16. The van der Waals surface area contributed by atoms with Gasteiger partial charge in [-0.05, 0) is 24.3 Å². The number of carbonyl (C=O) groups is 4. The number of rotatable bonds is 14. The summed E-state index contributed by atoms with van der Waals surface area (Å²) in [4.78, 5) is 52.9. The van der Waals surface area contributed by atoms with Crippen LogP contribution in [0.3, 0.4) is 0 Å². The molecule has 3 aliphatic heterocycles. The van der Waals surface area contributed by atoms with Crippen LogP contribution < -0.4 is 32.7 Å². The summed E-state index contributed by atoms with van der Waals surface area (Å²) in [6.45, 7) is 6.89. The van der Waals surface area contributed by atoms with Gasteiger partial charge in [-0.2, -0.15) is 40.4 Å². The van der Waals surface area contributed by atoms with Crippen molar-refractivity contribution >= 4 is 133 Å². The van der Waals surface area contributed by atoms with Crippen LogP contribution in [0.1, 0.15) is 22.3 Å². The molecule has 0 aliphatic carbocycles. The van der Waals surface area contributed by atoms with E-state index >= 15 is 0 Å². The van der Waals surface area contributed by atoms with E-state index in [0.717, 1.165) is 132 Å². The number of nitrogens with zero attached hydrogens (tertiary/aromatic N) is 4. The molecule has 4 amide bonds. The Balaban J connectivity index is 0.000000177. The highest BCUT2D eigenvalue weighted by molar-refractivity contribution is 7.99. The molecule has 0 radical (unpaired) electrons. The number of imide groups is 2. The number of thioether (sulfide) groups is 2. The summed E-state index contributed by atoms with van der Waals surface area (Å²) in [5.74, 6) is 2.45. The highest BCUT2D eigenvalue weighted by Gasteiger charge is 2.37. The standard InChI is InChI=1S/C28H29N5O2S.C26H25N3O8S2.C4H12N2S/c34-27-25-21-17-32(23-7-3-1-5-19(21)23)13-9-29-11-15-36-16-12-30-10-14-33-18-22(26(25)28(35)31-27)20-6-2-4-8-24(20)33;1-38(32,33)36-13-11-28-15-19(17-7-3-5-9-21(17)28)23-24(26(31)27-25(23)30)20-16-29(12-14-37-39(2,34)35)22-10-6-4-8-18(20)22;5-1-3-7-4-2-6/h1-8,17-18,29-30H,9-16H2,(H,31,34,35);3-10,15-16H,11-14H2,1-2H3,(H,27,30,31);1-6H2. The first kappa shape index (κ1) is 59.8. The van der Waals surface area contributed by atoms with Gasteiger partial charge in [-0.25, -0.2) is 0 Å². The minimum absolute atomic E-state index is 0.100. The Morgan fingerprint density at radius 1 is 0.488 bits per heavy atom. The van der Waals surface area contributed by atoms with Crippen LogP contribution in [0.15, 0.2) is 122 Å². The fourth-order valence-electron chi connectivity index (χ4n) is 10.3. The van der Waals surface area contributed by atoms with Crippen LogP contribution in [0, 0.1) is 0 Å². The van der Waals surface area contributed by atoms with Crippen molar-refractivity contribution in [2.45, 2.75) is 26.2 Å². The summed E-state index contributed by atoms with van der Waals surface area (Å²) >= 11 is 3.76. The molecule has 20 nitrogen and oxygen atoms in total. The smallest absolute Gasteiger partial charge is 0.264 e. The van der Waals surface area contributed by atoms with E-state index in [1.165, 1.54) is 0 Å². The number of benzene rings is 4. The molecule has 0 atom stereocenters. The number of nitrogens with two attached hydrogens (primary N) is 2. The molecule has 0 saturated heterocycles. The molecule has 0 fully saturated rings. The van der Waals surface area contributed by atoms with Gasteiger partial charge in [0, 0.05) is 179 Å². The number of nitrogens with one attached hydrogen (secondary N) is 4. The second kappa shape index (κ2) is 27.0. The Kier molecular flexibility index (Phi) is 19.7. The molecule has 4 bridgehead atoms. The van der Waals surface area contributed by atoms with E-state index in [1.54, 1.807) is 33.3 Å². The quantitative estimate of drug-likeness (QED) is 0.0483. The second-order valence-electron chi connectivity index (χ2n) is 19.4. The maximum absolute atomic E-state index is 13.3. The second-order valence-corrected chi connectivity index (χ2v) is 25.2. The molecule has 11 rings (SSSR count). The Hall–Kier alpha value is -6.84. The molecule has 0 saturated carbocycles. The fourth-order valence-corrected chi connectivity index (χ4v) is 12.4. The molecule has 4 aromatic heterocycles. The summed E-state index contributed by atoms with van der Waals surface area (Å²) in [7, 11) is -7.25. The van der Waals surface area contributed by atoms with Gasteiger partial charge < -0.3 is 40.4 Å². The lowest BCUT2D eigenvalue weighted by Gasteiger charge is -2.09. The molecule has 4 aromatic carbocycles. The molecule has 0 unspecified atom stereocenters. The molecule has 8 aromatic rings. The van der Waals surface area contributed by atoms with E-state index in [2.05, 4.69) is 42.5 Å². The SMILES string of the molecule is CS(=O)(=O)OCCn1cc(C2=C(c3cn(CCOS(C)(=O)=O)c4ccccc34)C(=O)NC2=O)c2ccccc21.NCCSCCN.O=C1NC(=O)C2=C1c1cn(c3ccccc13)CCNCCSCCNCCn1cc2c2ccccc21. The van der Waals surface area contributed by atoms with Crippen molar-refractivity contribution in [3.8, 4) is 0 Å². The summed E-state index contributed by atoms with van der Waals surface area (Å²) < 4.78 is 63.5. The van der Waals surface area contributed by atoms with Crippen LogP contribution in [0.25, 0.3) is 65.9 Å². The van der Waals surface area contributed by atoms with Crippen LogP contribution in [0.5, 0.6) is 0 Å². The van der Waals surface area contributed by atoms with Crippen molar-refractivity contribution < 1.29 is 44.4 Å². The summed E-state index contributed by atoms with van der Waals surface area (Å²) in [6.07, 6.45) is 9.44. The molecule has 7 heterocycles. The average molecular weight is 1190 g/mol. The zero-order valence-corrected chi connectivity index (χ0v) is 48.8. The van der Waals surface area contributed by atoms with Gasteiger partial charge in [0.2, 0.25) is 0 Å². The van der Waals surface area contributed by atoms with Crippen molar-refractivity contribution in [1.82, 2.24) is 39.5 Å². The number of amides is 4. The maximum Gasteiger partial charge on any atom is 0.264 e. The van der Waals surface area contributed by atoms with Gasteiger partial charge >= 0.3 is 0 Å². The maximum atomic E-state index is 13.3. The molecule has 3 aliphatic rings. The first-order valence-electron chi connectivity index (χ1n) is 26.8. The number of fused-ring (bicyclic) bond motifs is 14. The van der Waals surface area contributed by atoms with Gasteiger partial charge in [0.25, 0.3) is 43.9 Å². The first-order chi connectivity index (χ1) is 39.6. The Morgan fingerprint density at radius 2 is 0.817 bits per heavy atom. The van der Waals surface area contributed by atoms with Gasteiger partial charge in [0.15, 0.2) is 0 Å². The Labute approximate surface area is 484 Å². The lowest BCUT2D eigenvalue weighted by molar-refractivity contribution is -0.124. The molecule has 24 heteroatoms. The highest BCUT2D eigenvalue weighted by atomic mass is 32.2. The molecule has 432 valence electrons. The Morgan fingerprint density at radius 3 is 1.17 bits per heavy atom. The third-order valence-electron chi connectivity index (χ3n) is 13.8. The number of carbonyl (C=O) groups excluding carboxylic acids is 4. The number of hydrogen-bond donors (Lipinski definition) is 6. The minimum atomic E-state index is -3.63. The largest absolute Gasteiger partial charge is 0.346 e. The topological polar surface area (TPSA) is 275 Å². The molecular weight excluding hydrogens is 1120 g/mol. The highest BCUT2D eigenvalue weighted by Crippen LogP contribution is 2.41. The van der Waals surface area contributed by atoms with E-state index in [4.69, 9.17) is 19.8 Å². The van der Waals surface area contributed by atoms with Gasteiger partial charge in [0.1, 0.15) is 0 Å². The van der Waals surface area contributed by atoms with E-state index < -0.39 is 32.1 Å². The molecule has 82 heavy (non-hydrogen) atoms. The van der Waals surface area contributed by atoms with E-state index in [9.17, 15) is 36.0 Å². The van der Waals surface area contributed by atoms with Crippen molar-refractivity contribution in [2.75, 3.05) is 88.0 Å². The van der Waals surface area contributed by atoms with Crippen LogP contribution in [-0.4, -0.2) is 147 Å². The average Bonchev–Trinajstić information content (AvgIpc) is 4.34. The summed E-state index contributed by atoms with van der Waals surface area (Å²) in [5, 5.41) is 15.4. The zero-order chi connectivity index (χ0) is 58.0. The zero-order valence-electron chi connectivity index (χ0n) is 45.5. The van der Waals surface area contributed by atoms with Gasteiger partial charge in [-0.3, -0.25) is 38.2 Å². The van der Waals surface area contributed by atoms with Crippen molar-refractivity contribution in [2.24, 2.45) is 11.5 Å². The molecular formula is C58H66N10O10S4. The van der Waals surface area contributed by atoms with Crippen LogP contribution >= 0.6 is 23.5 Å². The van der Waals surface area contributed by atoms with Crippen molar-refractivity contribution in [3.05, 3.63) is 144 Å². The van der Waals surface area contributed by atoms with Crippen LogP contribution in [0.4, 0.5) is 0 Å². The lowest BCUT2D eigenvalue weighted by atomic mass is 9.95. The fraction of sp³-hybridized carbons (Fsp3) is 0.310.